The first-order chi connectivity index (χ1) is 7.36. The molecule has 1 aromatic heterocycles. The molecule has 1 aromatic rings. The second-order valence-corrected chi connectivity index (χ2v) is 3.76. The van der Waals surface area contributed by atoms with Crippen LogP contribution < -0.4 is 0 Å². The molecule has 0 spiro atoms. The lowest BCUT2D eigenvalue weighted by Crippen LogP contribution is -2.29. The van der Waals surface area contributed by atoms with Crippen LogP contribution in [0.3, 0.4) is 0 Å². The van der Waals surface area contributed by atoms with Crippen LogP contribution in [-0.2, 0) is 4.74 Å². The largest absolute Gasteiger partial charge is 0.435 e. The average Bonchev–Trinajstić information content (AvgIpc) is 2.60. The predicted molar refractivity (Wildman–Crippen MR) is 53.0 cm³/mol. The summed E-state index contributed by atoms with van der Waals surface area (Å²) < 4.78 is 43.3. The summed E-state index contributed by atoms with van der Waals surface area (Å²) in [5, 5.41) is 3.69. The van der Waals surface area contributed by atoms with Gasteiger partial charge in [0.1, 0.15) is 0 Å². The Balaban J connectivity index is 2.93. The monoisotopic (exact) mass is 236 g/mol. The second kappa shape index (κ2) is 4.86. The first-order valence-electron chi connectivity index (χ1n) is 5.08. The Morgan fingerprint density at radius 2 is 2.06 bits per heavy atom. The first-order valence-corrected chi connectivity index (χ1v) is 5.08. The maximum Gasteiger partial charge on any atom is 0.435 e. The van der Waals surface area contributed by atoms with Gasteiger partial charge in [0.15, 0.2) is 0 Å². The molecule has 0 fully saturated rings. The van der Waals surface area contributed by atoms with E-state index in [-0.39, 0.29) is 12.5 Å². The summed E-state index contributed by atoms with van der Waals surface area (Å²) in [7, 11) is 0. The van der Waals surface area contributed by atoms with Gasteiger partial charge in [-0.05, 0) is 18.4 Å². The van der Waals surface area contributed by atoms with Crippen LogP contribution >= 0.6 is 0 Å². The van der Waals surface area contributed by atoms with Crippen molar-refractivity contribution in [3.63, 3.8) is 0 Å². The smallest absolute Gasteiger partial charge is 0.349 e. The van der Waals surface area contributed by atoms with Gasteiger partial charge in [-0.25, -0.2) is 4.68 Å². The zero-order valence-electron chi connectivity index (χ0n) is 9.45. The summed E-state index contributed by atoms with van der Waals surface area (Å²) >= 11 is 0. The Hall–Kier alpha value is -1.04. The number of ether oxygens (including phenoxy) is 1. The summed E-state index contributed by atoms with van der Waals surface area (Å²) in [6, 6.07) is 0. The third-order valence-electron chi connectivity index (χ3n) is 2.13. The molecule has 0 aromatic carbocycles. The lowest BCUT2D eigenvalue weighted by atomic mass is 10.1. The molecule has 0 aliphatic heterocycles. The molecule has 0 aliphatic carbocycles. The fourth-order valence-corrected chi connectivity index (χ4v) is 1.26. The number of halogens is 3. The van der Waals surface area contributed by atoms with Gasteiger partial charge in [0.2, 0.25) is 6.23 Å². The van der Waals surface area contributed by atoms with Gasteiger partial charge in [-0.1, -0.05) is 13.8 Å². The fourth-order valence-electron chi connectivity index (χ4n) is 1.26. The van der Waals surface area contributed by atoms with E-state index in [1.54, 1.807) is 0 Å². The maximum absolute atomic E-state index is 12.6. The molecule has 0 amide bonds. The molecule has 16 heavy (non-hydrogen) atoms. The Bertz CT molecular complexity index is 333. The normalized spacial score (nSPS) is 14.4. The van der Waals surface area contributed by atoms with Crippen molar-refractivity contribution in [2.45, 2.75) is 39.1 Å². The quantitative estimate of drug-likeness (QED) is 0.803. The molecule has 3 nitrogen and oxygen atoms in total. The standard InChI is InChI=1S/C10H15F3N2O/c1-4-16-9(10(11,12)13)15-6-8(5-14-15)7(2)3/h5-7,9H,4H2,1-3H3. The number of aromatic nitrogens is 2. The predicted octanol–water partition coefficient (Wildman–Crippen LogP) is 3.10. The highest BCUT2D eigenvalue weighted by molar-refractivity contribution is 5.09. The van der Waals surface area contributed by atoms with Gasteiger partial charge in [-0.3, -0.25) is 0 Å². The minimum absolute atomic E-state index is 0.0128. The van der Waals surface area contributed by atoms with E-state index >= 15 is 0 Å². The van der Waals surface area contributed by atoms with Gasteiger partial charge in [-0.15, -0.1) is 0 Å². The molecule has 6 heteroatoms. The Labute approximate surface area is 92.2 Å². The Morgan fingerprint density at radius 1 is 1.44 bits per heavy atom. The summed E-state index contributed by atoms with van der Waals surface area (Å²) in [4.78, 5) is 0. The zero-order valence-corrected chi connectivity index (χ0v) is 9.45. The van der Waals surface area contributed by atoms with Crippen LogP contribution in [0.25, 0.3) is 0 Å². The number of hydrogen-bond acceptors (Lipinski definition) is 2. The van der Waals surface area contributed by atoms with Crippen molar-refractivity contribution in [2.24, 2.45) is 0 Å². The molecule has 1 heterocycles. The van der Waals surface area contributed by atoms with Crippen LogP contribution in [0.4, 0.5) is 13.2 Å². The van der Waals surface area contributed by atoms with E-state index in [1.165, 1.54) is 19.3 Å². The lowest BCUT2D eigenvalue weighted by molar-refractivity contribution is -0.251. The van der Waals surface area contributed by atoms with Gasteiger partial charge in [-0.2, -0.15) is 18.3 Å². The number of hydrogen-bond donors (Lipinski definition) is 0. The molecule has 0 aliphatic rings. The Kier molecular flexibility index (Phi) is 3.96. The van der Waals surface area contributed by atoms with Gasteiger partial charge in [0.25, 0.3) is 0 Å². The van der Waals surface area contributed by atoms with Crippen LogP contribution in [0.15, 0.2) is 12.4 Å². The molecule has 1 rings (SSSR count). The van der Waals surface area contributed by atoms with Crippen molar-refractivity contribution >= 4 is 0 Å². The SMILES string of the molecule is CCOC(n1cc(C(C)C)cn1)C(F)(F)F. The van der Waals surface area contributed by atoms with Crippen LogP contribution in [0.2, 0.25) is 0 Å². The van der Waals surface area contributed by atoms with E-state index in [2.05, 4.69) is 9.84 Å². The molecule has 0 bridgehead atoms. The van der Waals surface area contributed by atoms with Crippen molar-refractivity contribution in [2.75, 3.05) is 6.61 Å². The molecular formula is C10H15F3N2O. The number of alkyl halides is 3. The highest BCUT2D eigenvalue weighted by Crippen LogP contribution is 2.31. The van der Waals surface area contributed by atoms with Gasteiger partial charge >= 0.3 is 6.18 Å². The van der Waals surface area contributed by atoms with E-state index < -0.39 is 12.4 Å². The molecular weight excluding hydrogens is 221 g/mol. The van der Waals surface area contributed by atoms with Crippen LogP contribution in [0, 0.1) is 0 Å². The fraction of sp³-hybridized carbons (Fsp3) is 0.700. The average molecular weight is 236 g/mol. The highest BCUT2D eigenvalue weighted by Gasteiger charge is 2.42. The lowest BCUT2D eigenvalue weighted by Gasteiger charge is -2.20. The molecule has 1 unspecified atom stereocenters. The number of rotatable bonds is 4. The van der Waals surface area contributed by atoms with E-state index in [0.29, 0.717) is 0 Å². The van der Waals surface area contributed by atoms with Crippen molar-refractivity contribution < 1.29 is 17.9 Å². The van der Waals surface area contributed by atoms with Crippen molar-refractivity contribution in [3.8, 4) is 0 Å². The van der Waals surface area contributed by atoms with Crippen molar-refractivity contribution in [3.05, 3.63) is 18.0 Å². The summed E-state index contributed by atoms with van der Waals surface area (Å²) in [6.45, 7) is 5.29. The molecule has 1 atom stereocenters. The van der Waals surface area contributed by atoms with E-state index in [4.69, 9.17) is 0 Å². The van der Waals surface area contributed by atoms with Gasteiger partial charge < -0.3 is 4.74 Å². The zero-order chi connectivity index (χ0) is 12.3. The summed E-state index contributed by atoms with van der Waals surface area (Å²) in [5.74, 6) is 0.143. The first kappa shape index (κ1) is 13.0. The topological polar surface area (TPSA) is 27.1 Å². The molecule has 0 radical (unpaired) electrons. The van der Waals surface area contributed by atoms with E-state index in [1.807, 2.05) is 13.8 Å². The minimum atomic E-state index is -4.45. The minimum Gasteiger partial charge on any atom is -0.349 e. The molecule has 0 N–H and O–H groups in total. The second-order valence-electron chi connectivity index (χ2n) is 3.76. The van der Waals surface area contributed by atoms with Crippen molar-refractivity contribution in [1.29, 1.82) is 0 Å². The Morgan fingerprint density at radius 3 is 2.44 bits per heavy atom. The third kappa shape index (κ3) is 2.98. The molecule has 0 saturated carbocycles. The molecule has 92 valence electrons. The van der Waals surface area contributed by atoms with Crippen LogP contribution in [-0.4, -0.2) is 22.6 Å². The third-order valence-corrected chi connectivity index (χ3v) is 2.13. The molecule has 0 saturated heterocycles. The van der Waals surface area contributed by atoms with Gasteiger partial charge in [0.05, 0.1) is 6.20 Å². The summed E-state index contributed by atoms with van der Waals surface area (Å²) in [5.41, 5.74) is 0.758. The van der Waals surface area contributed by atoms with Crippen LogP contribution in [0.1, 0.15) is 38.5 Å². The van der Waals surface area contributed by atoms with Crippen LogP contribution in [0.5, 0.6) is 0 Å². The summed E-state index contributed by atoms with van der Waals surface area (Å²) in [6.07, 6.45) is -3.64. The van der Waals surface area contributed by atoms with E-state index in [9.17, 15) is 13.2 Å². The van der Waals surface area contributed by atoms with Crippen molar-refractivity contribution in [1.82, 2.24) is 9.78 Å². The highest BCUT2D eigenvalue weighted by atomic mass is 19.4. The number of nitrogens with zero attached hydrogens (tertiary/aromatic N) is 2. The maximum atomic E-state index is 12.6. The van der Waals surface area contributed by atoms with E-state index in [0.717, 1.165) is 10.2 Å². The van der Waals surface area contributed by atoms with Gasteiger partial charge in [0, 0.05) is 12.8 Å².